The van der Waals surface area contributed by atoms with Crippen LogP contribution in [0.25, 0.3) is 0 Å². The van der Waals surface area contributed by atoms with Crippen molar-refractivity contribution in [3.63, 3.8) is 0 Å². The summed E-state index contributed by atoms with van der Waals surface area (Å²) in [4.78, 5) is 27.4. The molecular weight excluding hydrogens is 425 g/mol. The van der Waals surface area contributed by atoms with E-state index in [1.807, 2.05) is 4.90 Å². The van der Waals surface area contributed by atoms with Gasteiger partial charge in [-0.2, -0.15) is 0 Å². The maximum absolute atomic E-state index is 14.4. The van der Waals surface area contributed by atoms with E-state index in [1.165, 1.54) is 6.07 Å². The third kappa shape index (κ3) is 3.43. The van der Waals surface area contributed by atoms with Gasteiger partial charge in [0.25, 0.3) is 0 Å². The van der Waals surface area contributed by atoms with Gasteiger partial charge in [-0.1, -0.05) is 23.7 Å². The maximum atomic E-state index is 14.4. The minimum Gasteiger partial charge on any atom is -0.369 e. The summed E-state index contributed by atoms with van der Waals surface area (Å²) < 4.78 is 14.4. The van der Waals surface area contributed by atoms with E-state index in [2.05, 4.69) is 5.32 Å². The third-order valence-electron chi connectivity index (χ3n) is 7.72. The van der Waals surface area contributed by atoms with Crippen LogP contribution < -0.4 is 11.1 Å². The number of primary amides is 1. The summed E-state index contributed by atoms with van der Waals surface area (Å²) in [6, 6.07) is 5.12. The molecule has 4 bridgehead atoms. The van der Waals surface area contributed by atoms with Gasteiger partial charge in [0.15, 0.2) is 0 Å². The summed E-state index contributed by atoms with van der Waals surface area (Å²) in [5, 5.41) is 3.11. The highest BCUT2D eigenvalue weighted by Crippen LogP contribution is 2.60. The Morgan fingerprint density at radius 3 is 2.70 bits per heavy atom. The summed E-state index contributed by atoms with van der Waals surface area (Å²) in [7, 11) is 0. The third-order valence-corrected chi connectivity index (χ3v) is 9.26. The number of hydrogen-bond acceptors (Lipinski definition) is 4. The molecule has 3 unspecified atom stereocenters. The van der Waals surface area contributed by atoms with Crippen molar-refractivity contribution in [3.8, 4) is 0 Å². The van der Waals surface area contributed by atoms with Gasteiger partial charge in [0.2, 0.25) is 11.8 Å². The highest BCUT2D eigenvalue weighted by molar-refractivity contribution is 8.00. The first-order chi connectivity index (χ1) is 14.4. The van der Waals surface area contributed by atoms with Gasteiger partial charge in [-0.15, -0.1) is 11.8 Å². The lowest BCUT2D eigenvalue weighted by Crippen LogP contribution is -2.63. The van der Waals surface area contributed by atoms with Gasteiger partial charge in [-0.3, -0.25) is 14.5 Å². The van der Waals surface area contributed by atoms with Crippen LogP contribution in [0.2, 0.25) is 5.02 Å². The van der Waals surface area contributed by atoms with Crippen molar-refractivity contribution in [1.29, 1.82) is 0 Å². The molecule has 1 heterocycles. The number of hydrogen-bond donors (Lipinski definition) is 2. The molecule has 8 heteroatoms. The van der Waals surface area contributed by atoms with E-state index in [1.54, 1.807) is 23.9 Å². The summed E-state index contributed by atoms with van der Waals surface area (Å²) in [6.07, 6.45) is 4.68. The van der Waals surface area contributed by atoms with Gasteiger partial charge in [0.1, 0.15) is 11.2 Å². The van der Waals surface area contributed by atoms with Crippen LogP contribution in [0.3, 0.4) is 0 Å². The average Bonchev–Trinajstić information content (AvgIpc) is 3.16. The molecule has 0 radical (unpaired) electrons. The minimum absolute atomic E-state index is 0.00512. The summed E-state index contributed by atoms with van der Waals surface area (Å²) >= 11 is 7.52. The molecule has 4 aliphatic carbocycles. The lowest BCUT2D eigenvalue weighted by atomic mass is 9.47. The largest absolute Gasteiger partial charge is 0.369 e. The maximum Gasteiger partial charge on any atom is 0.247 e. The molecule has 5 nitrogen and oxygen atoms in total. The van der Waals surface area contributed by atoms with Crippen molar-refractivity contribution < 1.29 is 14.0 Å². The fourth-order valence-corrected chi connectivity index (χ4v) is 7.96. The second-order valence-electron chi connectivity index (χ2n) is 9.56. The molecule has 5 aliphatic rings. The fourth-order valence-electron chi connectivity index (χ4n) is 6.59. The Hall–Kier alpha value is -1.31. The SMILES string of the molecule is NC(=O)C12CC3CC(C1)C(NC(=O)C1SCCN1Cc1cccc(Cl)c1F)C(C3)C2. The number of nitrogens with two attached hydrogens (primary N) is 1. The summed E-state index contributed by atoms with van der Waals surface area (Å²) in [6.45, 7) is 1.10. The lowest BCUT2D eigenvalue weighted by molar-refractivity contribution is -0.147. The van der Waals surface area contributed by atoms with Crippen LogP contribution in [-0.2, 0) is 16.1 Å². The van der Waals surface area contributed by atoms with Gasteiger partial charge >= 0.3 is 0 Å². The smallest absolute Gasteiger partial charge is 0.247 e. The number of nitrogens with zero attached hydrogens (tertiary/aromatic N) is 1. The molecule has 2 amide bonds. The van der Waals surface area contributed by atoms with E-state index in [9.17, 15) is 14.0 Å². The first-order valence-electron chi connectivity index (χ1n) is 10.7. The van der Waals surface area contributed by atoms with Gasteiger partial charge in [-0.25, -0.2) is 4.39 Å². The highest BCUT2D eigenvalue weighted by Gasteiger charge is 2.58. The molecule has 162 valence electrons. The highest BCUT2D eigenvalue weighted by atomic mass is 35.5. The van der Waals surface area contributed by atoms with E-state index >= 15 is 0 Å². The van der Waals surface area contributed by atoms with E-state index in [0.29, 0.717) is 29.9 Å². The Kier molecular flexibility index (Phi) is 5.27. The molecule has 3 N–H and O–H groups in total. The van der Waals surface area contributed by atoms with Gasteiger partial charge in [0.05, 0.1) is 5.02 Å². The van der Waals surface area contributed by atoms with Gasteiger partial charge in [0, 0.05) is 35.9 Å². The van der Waals surface area contributed by atoms with E-state index < -0.39 is 5.82 Å². The predicted molar refractivity (Wildman–Crippen MR) is 115 cm³/mol. The van der Waals surface area contributed by atoms with Crippen molar-refractivity contribution in [2.24, 2.45) is 28.9 Å². The summed E-state index contributed by atoms with van der Waals surface area (Å²) in [5.41, 5.74) is 5.94. The zero-order valence-corrected chi connectivity index (χ0v) is 18.4. The van der Waals surface area contributed by atoms with Crippen molar-refractivity contribution in [2.75, 3.05) is 12.3 Å². The van der Waals surface area contributed by atoms with Crippen LogP contribution in [0.15, 0.2) is 18.2 Å². The molecule has 1 saturated heterocycles. The molecule has 4 saturated carbocycles. The number of thioether (sulfide) groups is 1. The quantitative estimate of drug-likeness (QED) is 0.721. The molecule has 5 fully saturated rings. The van der Waals surface area contributed by atoms with Crippen molar-refractivity contribution in [2.45, 2.75) is 50.1 Å². The van der Waals surface area contributed by atoms with Crippen molar-refractivity contribution >= 4 is 35.2 Å². The molecular formula is C22H27ClFN3O2S. The molecule has 1 aromatic carbocycles. The Morgan fingerprint density at radius 2 is 2.00 bits per heavy atom. The standard InChI is InChI=1S/C22H27ClFN3O2S/c23-16-3-1-2-13(17(16)24)11-27-4-5-30-20(27)19(28)26-18-14-6-12-7-15(18)10-22(8-12,9-14)21(25)29/h1-3,12,14-15,18,20H,4-11H2,(H2,25,29)(H,26,28). The monoisotopic (exact) mass is 451 g/mol. The number of carbonyl (C=O) groups is 2. The normalized spacial score (nSPS) is 37.5. The van der Waals surface area contributed by atoms with E-state index in [0.717, 1.165) is 44.4 Å². The molecule has 0 spiro atoms. The Bertz CT molecular complexity index is 868. The minimum atomic E-state index is -0.409. The van der Waals surface area contributed by atoms with Crippen molar-refractivity contribution in [1.82, 2.24) is 10.2 Å². The Morgan fingerprint density at radius 1 is 1.27 bits per heavy atom. The van der Waals surface area contributed by atoms with Gasteiger partial charge < -0.3 is 11.1 Å². The zero-order valence-electron chi connectivity index (χ0n) is 16.8. The van der Waals surface area contributed by atoms with Crippen molar-refractivity contribution in [3.05, 3.63) is 34.6 Å². The number of halogens is 2. The van der Waals surface area contributed by atoms with Crippen LogP contribution >= 0.6 is 23.4 Å². The van der Waals surface area contributed by atoms with Crippen LogP contribution in [-0.4, -0.2) is 40.4 Å². The average molecular weight is 452 g/mol. The van der Waals surface area contributed by atoms with Gasteiger partial charge in [-0.05, 0) is 55.9 Å². The Labute approximate surface area is 185 Å². The second kappa shape index (κ2) is 7.68. The molecule has 1 aliphatic heterocycles. The number of carbonyl (C=O) groups excluding carboxylic acids is 2. The van der Waals surface area contributed by atoms with Crippen LogP contribution in [0, 0.1) is 29.0 Å². The first kappa shape index (κ1) is 20.6. The second-order valence-corrected chi connectivity index (χ2v) is 11.2. The Balaban J connectivity index is 1.27. The van der Waals surface area contributed by atoms with Crippen LogP contribution in [0.1, 0.15) is 37.7 Å². The lowest BCUT2D eigenvalue weighted by Gasteiger charge is -2.58. The molecule has 3 atom stereocenters. The van der Waals surface area contributed by atoms with E-state index in [4.69, 9.17) is 17.3 Å². The molecule has 30 heavy (non-hydrogen) atoms. The van der Waals surface area contributed by atoms with E-state index in [-0.39, 0.29) is 33.7 Å². The zero-order chi connectivity index (χ0) is 21.0. The molecule has 0 aromatic heterocycles. The first-order valence-corrected chi connectivity index (χ1v) is 12.2. The number of nitrogens with one attached hydrogen (secondary N) is 1. The number of benzene rings is 1. The number of rotatable bonds is 5. The molecule has 6 rings (SSSR count). The molecule has 1 aromatic rings. The predicted octanol–water partition coefficient (Wildman–Crippen LogP) is 3.15. The topological polar surface area (TPSA) is 75.4 Å². The fraction of sp³-hybridized carbons (Fsp3) is 0.636. The summed E-state index contributed by atoms with van der Waals surface area (Å²) in [5.74, 6) is 1.50. The number of amides is 2. The van der Waals surface area contributed by atoms with Crippen LogP contribution in [0.5, 0.6) is 0 Å². The van der Waals surface area contributed by atoms with Crippen LogP contribution in [0.4, 0.5) is 4.39 Å².